The van der Waals surface area contributed by atoms with Crippen LogP contribution in [0.2, 0.25) is 5.02 Å². The summed E-state index contributed by atoms with van der Waals surface area (Å²) in [6.07, 6.45) is 2.72. The summed E-state index contributed by atoms with van der Waals surface area (Å²) < 4.78 is 5.46. The first kappa shape index (κ1) is 21.6. The molecular weight excluding hydrogens is 440 g/mol. The first-order valence-electron chi connectivity index (χ1n) is 11.3. The highest BCUT2D eigenvalue weighted by Crippen LogP contribution is 2.30. The van der Waals surface area contributed by atoms with Crippen molar-refractivity contribution in [3.05, 3.63) is 65.5 Å². The van der Waals surface area contributed by atoms with Gasteiger partial charge in [0.25, 0.3) is 0 Å². The van der Waals surface area contributed by atoms with Gasteiger partial charge in [0.2, 0.25) is 23.5 Å². The monoisotopic (exact) mass is 464 g/mol. The molecule has 0 unspecified atom stereocenters. The Kier molecular flexibility index (Phi) is 6.13. The van der Waals surface area contributed by atoms with Crippen LogP contribution in [0.5, 0.6) is 0 Å². The summed E-state index contributed by atoms with van der Waals surface area (Å²) in [6, 6.07) is 17.0. The number of hydrogen-bond acceptors (Lipinski definition) is 5. The molecule has 8 heteroatoms. The number of hydrogen-bond donors (Lipinski definition) is 0. The zero-order valence-electron chi connectivity index (χ0n) is 18.2. The Hall–Kier alpha value is -3.19. The molecule has 0 N–H and O–H groups in total. The molecule has 7 nitrogen and oxygen atoms in total. The number of carbonyl (C=O) groups excluding carboxylic acids is 2. The molecule has 2 aromatic carbocycles. The zero-order chi connectivity index (χ0) is 22.8. The van der Waals surface area contributed by atoms with Crippen molar-refractivity contribution in [3.63, 3.8) is 0 Å². The minimum Gasteiger partial charge on any atom is -0.342 e. The van der Waals surface area contributed by atoms with Gasteiger partial charge in [0.15, 0.2) is 0 Å². The zero-order valence-corrected chi connectivity index (χ0v) is 18.9. The van der Waals surface area contributed by atoms with Crippen LogP contribution in [0.3, 0.4) is 0 Å². The fourth-order valence-electron chi connectivity index (χ4n) is 4.67. The SMILES string of the molecule is O=C([C@@H]1CC(=O)N(c2cccc(Cl)c2)C1)N1CCC(Cc2nc(-c3ccccc3)no2)CC1. The highest BCUT2D eigenvalue weighted by Gasteiger charge is 2.38. The van der Waals surface area contributed by atoms with Crippen LogP contribution in [0, 0.1) is 11.8 Å². The number of carbonyl (C=O) groups is 2. The van der Waals surface area contributed by atoms with E-state index in [2.05, 4.69) is 10.1 Å². The summed E-state index contributed by atoms with van der Waals surface area (Å²) in [4.78, 5) is 33.7. The fourth-order valence-corrected chi connectivity index (χ4v) is 4.86. The van der Waals surface area contributed by atoms with Crippen LogP contribution in [0.4, 0.5) is 5.69 Å². The summed E-state index contributed by atoms with van der Waals surface area (Å²) in [5.41, 5.74) is 1.68. The van der Waals surface area contributed by atoms with E-state index in [1.54, 1.807) is 17.0 Å². The highest BCUT2D eigenvalue weighted by atomic mass is 35.5. The van der Waals surface area contributed by atoms with E-state index in [1.165, 1.54) is 0 Å². The molecule has 0 aliphatic carbocycles. The summed E-state index contributed by atoms with van der Waals surface area (Å²) in [5, 5.41) is 4.67. The molecule has 0 saturated carbocycles. The third-order valence-electron chi connectivity index (χ3n) is 6.48. The fraction of sp³-hybridized carbons (Fsp3) is 0.360. The summed E-state index contributed by atoms with van der Waals surface area (Å²) in [5.74, 6) is 1.36. The number of rotatable bonds is 5. The average Bonchev–Trinajstić information content (AvgIpc) is 3.46. The van der Waals surface area contributed by atoms with E-state index in [1.807, 2.05) is 47.4 Å². The van der Waals surface area contributed by atoms with Crippen molar-refractivity contribution in [2.24, 2.45) is 11.8 Å². The number of aromatic nitrogens is 2. The molecule has 1 aromatic heterocycles. The molecule has 0 radical (unpaired) electrons. The van der Waals surface area contributed by atoms with Gasteiger partial charge in [0.05, 0.1) is 5.92 Å². The van der Waals surface area contributed by atoms with Crippen LogP contribution in [0.25, 0.3) is 11.4 Å². The lowest BCUT2D eigenvalue weighted by atomic mass is 9.92. The Balaban J connectivity index is 1.14. The van der Waals surface area contributed by atoms with Crippen molar-refractivity contribution in [1.82, 2.24) is 15.0 Å². The predicted molar refractivity (Wildman–Crippen MR) is 125 cm³/mol. The van der Waals surface area contributed by atoms with Crippen molar-refractivity contribution in [2.45, 2.75) is 25.7 Å². The van der Waals surface area contributed by atoms with E-state index in [0.29, 0.717) is 48.7 Å². The van der Waals surface area contributed by atoms with E-state index >= 15 is 0 Å². The molecule has 2 amide bonds. The average molecular weight is 465 g/mol. The van der Waals surface area contributed by atoms with Gasteiger partial charge in [-0.2, -0.15) is 4.98 Å². The van der Waals surface area contributed by atoms with Gasteiger partial charge in [-0.1, -0.05) is 53.2 Å². The molecule has 3 heterocycles. The van der Waals surface area contributed by atoms with Crippen molar-refractivity contribution >= 4 is 29.1 Å². The van der Waals surface area contributed by atoms with E-state index in [9.17, 15) is 9.59 Å². The number of amides is 2. The first-order chi connectivity index (χ1) is 16.1. The van der Waals surface area contributed by atoms with Crippen LogP contribution < -0.4 is 4.90 Å². The van der Waals surface area contributed by atoms with Gasteiger partial charge >= 0.3 is 0 Å². The lowest BCUT2D eigenvalue weighted by Gasteiger charge is -2.33. The number of piperidine rings is 1. The van der Waals surface area contributed by atoms with Crippen LogP contribution in [0.1, 0.15) is 25.2 Å². The Bertz CT molecular complexity index is 1140. The van der Waals surface area contributed by atoms with Crippen molar-refractivity contribution in [3.8, 4) is 11.4 Å². The number of benzene rings is 2. The molecule has 3 aromatic rings. The minimum absolute atomic E-state index is 0.0314. The molecule has 2 saturated heterocycles. The summed E-state index contributed by atoms with van der Waals surface area (Å²) in [7, 11) is 0. The second kappa shape index (κ2) is 9.35. The first-order valence-corrected chi connectivity index (χ1v) is 11.7. The second-order valence-corrected chi connectivity index (χ2v) is 9.17. The quantitative estimate of drug-likeness (QED) is 0.564. The van der Waals surface area contributed by atoms with E-state index in [-0.39, 0.29) is 24.2 Å². The molecule has 170 valence electrons. The number of anilines is 1. The van der Waals surface area contributed by atoms with E-state index in [4.69, 9.17) is 16.1 Å². The number of halogens is 1. The number of nitrogens with zero attached hydrogens (tertiary/aromatic N) is 4. The normalized spacial score (nSPS) is 19.3. The van der Waals surface area contributed by atoms with Gasteiger partial charge in [0, 0.05) is 48.7 Å². The van der Waals surface area contributed by atoms with Gasteiger partial charge in [-0.25, -0.2) is 0 Å². The van der Waals surface area contributed by atoms with Gasteiger partial charge in [-0.3, -0.25) is 9.59 Å². The lowest BCUT2D eigenvalue weighted by Crippen LogP contribution is -2.42. The molecule has 1 atom stereocenters. The largest absolute Gasteiger partial charge is 0.342 e. The summed E-state index contributed by atoms with van der Waals surface area (Å²) in [6.45, 7) is 1.78. The third-order valence-corrected chi connectivity index (χ3v) is 6.72. The Labute approximate surface area is 197 Å². The van der Waals surface area contributed by atoms with Crippen LogP contribution in [0.15, 0.2) is 59.1 Å². The van der Waals surface area contributed by atoms with Gasteiger partial charge in [0.1, 0.15) is 0 Å². The van der Waals surface area contributed by atoms with Crippen LogP contribution in [-0.2, 0) is 16.0 Å². The molecule has 33 heavy (non-hydrogen) atoms. The van der Waals surface area contributed by atoms with Crippen molar-refractivity contribution in [1.29, 1.82) is 0 Å². The molecule has 2 aliphatic rings. The maximum absolute atomic E-state index is 13.1. The van der Waals surface area contributed by atoms with E-state index < -0.39 is 0 Å². The molecular formula is C25H25ClN4O3. The molecule has 5 rings (SSSR count). The molecule has 2 fully saturated rings. The minimum atomic E-state index is -0.308. The predicted octanol–water partition coefficient (Wildman–Crippen LogP) is 4.22. The molecule has 0 bridgehead atoms. The third kappa shape index (κ3) is 4.78. The lowest BCUT2D eigenvalue weighted by molar-refractivity contribution is -0.137. The Morgan fingerprint density at radius 3 is 2.64 bits per heavy atom. The Morgan fingerprint density at radius 2 is 1.88 bits per heavy atom. The topological polar surface area (TPSA) is 79.5 Å². The van der Waals surface area contributed by atoms with Crippen molar-refractivity contribution < 1.29 is 14.1 Å². The summed E-state index contributed by atoms with van der Waals surface area (Å²) >= 11 is 6.07. The maximum atomic E-state index is 13.1. The maximum Gasteiger partial charge on any atom is 0.228 e. The van der Waals surface area contributed by atoms with Gasteiger partial charge in [-0.15, -0.1) is 0 Å². The van der Waals surface area contributed by atoms with Gasteiger partial charge < -0.3 is 14.3 Å². The van der Waals surface area contributed by atoms with Gasteiger partial charge in [-0.05, 0) is 37.0 Å². The second-order valence-electron chi connectivity index (χ2n) is 8.74. The molecule has 0 spiro atoms. The standard InChI is InChI=1S/C25H25ClN4O3/c26-20-7-4-8-21(15-20)30-16-19(14-23(30)31)25(32)29-11-9-17(10-12-29)13-22-27-24(28-33-22)18-5-2-1-3-6-18/h1-8,15,17,19H,9-14,16H2/t19-/m1/s1. The highest BCUT2D eigenvalue weighted by molar-refractivity contribution is 6.31. The molecule has 2 aliphatic heterocycles. The van der Waals surface area contributed by atoms with Crippen molar-refractivity contribution in [2.75, 3.05) is 24.5 Å². The smallest absolute Gasteiger partial charge is 0.228 e. The Morgan fingerprint density at radius 1 is 1.09 bits per heavy atom. The van der Waals surface area contributed by atoms with Crippen LogP contribution in [-0.4, -0.2) is 46.5 Å². The van der Waals surface area contributed by atoms with Crippen LogP contribution >= 0.6 is 11.6 Å². The number of likely N-dealkylation sites (tertiary alicyclic amines) is 1. The van der Waals surface area contributed by atoms with E-state index in [0.717, 1.165) is 24.1 Å².